The normalized spacial score (nSPS) is 12.3. The summed E-state index contributed by atoms with van der Waals surface area (Å²) in [6.45, 7) is 5.23. The van der Waals surface area contributed by atoms with E-state index in [-0.39, 0.29) is 6.04 Å². The molecule has 4 heteroatoms. The standard InChI is InChI=1S/C16H22N4/c1-3-6-18-15(14-9-12(2)4-7-19-14)10-13-5-8-20-16(17)11-13/h4-5,7-9,11,15,18H,3,6,10H2,1-2H3,(H2,17,20). The SMILES string of the molecule is CCCNC(Cc1ccnc(N)c1)c1cc(C)ccn1. The number of hydrogen-bond donors (Lipinski definition) is 2. The van der Waals surface area contributed by atoms with E-state index < -0.39 is 0 Å². The molecule has 2 heterocycles. The van der Waals surface area contributed by atoms with Gasteiger partial charge in [0.05, 0.1) is 11.7 Å². The Morgan fingerprint density at radius 1 is 1.20 bits per heavy atom. The molecular formula is C16H22N4. The molecule has 0 saturated carbocycles. The van der Waals surface area contributed by atoms with Crippen LogP contribution in [0.15, 0.2) is 36.7 Å². The summed E-state index contributed by atoms with van der Waals surface area (Å²) in [6, 6.07) is 8.29. The minimum absolute atomic E-state index is 0.205. The van der Waals surface area contributed by atoms with Gasteiger partial charge in [-0.25, -0.2) is 4.98 Å². The summed E-state index contributed by atoms with van der Waals surface area (Å²) in [7, 11) is 0. The van der Waals surface area contributed by atoms with E-state index in [0.717, 1.165) is 25.1 Å². The highest BCUT2D eigenvalue weighted by Gasteiger charge is 2.13. The summed E-state index contributed by atoms with van der Waals surface area (Å²) in [4.78, 5) is 8.54. The molecule has 20 heavy (non-hydrogen) atoms. The van der Waals surface area contributed by atoms with Crippen LogP contribution in [-0.4, -0.2) is 16.5 Å². The van der Waals surface area contributed by atoms with Crippen LogP contribution in [0.2, 0.25) is 0 Å². The summed E-state index contributed by atoms with van der Waals surface area (Å²) in [6.07, 6.45) is 5.58. The summed E-state index contributed by atoms with van der Waals surface area (Å²) in [5.74, 6) is 0.564. The fraction of sp³-hybridized carbons (Fsp3) is 0.375. The lowest BCUT2D eigenvalue weighted by atomic mass is 10.0. The summed E-state index contributed by atoms with van der Waals surface area (Å²) >= 11 is 0. The molecule has 0 amide bonds. The van der Waals surface area contributed by atoms with Gasteiger partial charge in [-0.05, 0) is 61.7 Å². The number of rotatable bonds is 6. The molecule has 1 unspecified atom stereocenters. The Kier molecular flexibility index (Phi) is 5.07. The Hall–Kier alpha value is -1.94. The first-order valence-corrected chi connectivity index (χ1v) is 7.05. The molecule has 0 aromatic carbocycles. The maximum atomic E-state index is 5.75. The van der Waals surface area contributed by atoms with Crippen LogP contribution in [-0.2, 0) is 6.42 Å². The Labute approximate surface area is 120 Å². The van der Waals surface area contributed by atoms with Gasteiger partial charge in [0, 0.05) is 12.4 Å². The maximum absolute atomic E-state index is 5.75. The van der Waals surface area contributed by atoms with Gasteiger partial charge in [0.2, 0.25) is 0 Å². The second-order valence-electron chi connectivity index (χ2n) is 5.06. The van der Waals surface area contributed by atoms with Crippen molar-refractivity contribution in [3.05, 3.63) is 53.5 Å². The zero-order valence-electron chi connectivity index (χ0n) is 12.1. The highest BCUT2D eigenvalue weighted by molar-refractivity contribution is 5.33. The van der Waals surface area contributed by atoms with Crippen LogP contribution >= 0.6 is 0 Å². The molecule has 0 spiro atoms. The zero-order chi connectivity index (χ0) is 14.4. The Morgan fingerprint density at radius 3 is 2.70 bits per heavy atom. The third-order valence-electron chi connectivity index (χ3n) is 3.22. The van der Waals surface area contributed by atoms with Gasteiger partial charge in [0.25, 0.3) is 0 Å². The molecule has 4 nitrogen and oxygen atoms in total. The number of nitrogen functional groups attached to an aromatic ring is 1. The number of nitrogens with zero attached hydrogens (tertiary/aromatic N) is 2. The molecule has 3 N–H and O–H groups in total. The van der Waals surface area contributed by atoms with Crippen LogP contribution in [0.4, 0.5) is 5.82 Å². The number of nitrogens with one attached hydrogen (secondary N) is 1. The summed E-state index contributed by atoms with van der Waals surface area (Å²) in [5, 5.41) is 3.56. The number of aromatic nitrogens is 2. The second kappa shape index (κ2) is 7.01. The number of pyridine rings is 2. The van der Waals surface area contributed by atoms with Gasteiger partial charge in [-0.3, -0.25) is 4.98 Å². The summed E-state index contributed by atoms with van der Waals surface area (Å²) < 4.78 is 0. The van der Waals surface area contributed by atoms with Crippen molar-refractivity contribution in [1.29, 1.82) is 0 Å². The van der Waals surface area contributed by atoms with E-state index in [2.05, 4.69) is 35.2 Å². The quantitative estimate of drug-likeness (QED) is 0.847. The van der Waals surface area contributed by atoms with Gasteiger partial charge in [-0.1, -0.05) is 6.92 Å². The highest BCUT2D eigenvalue weighted by atomic mass is 14.9. The molecule has 0 saturated heterocycles. The average Bonchev–Trinajstić information content (AvgIpc) is 2.43. The minimum atomic E-state index is 0.205. The molecule has 0 aliphatic heterocycles. The van der Waals surface area contributed by atoms with Crippen molar-refractivity contribution < 1.29 is 0 Å². The lowest BCUT2D eigenvalue weighted by Gasteiger charge is -2.18. The van der Waals surface area contributed by atoms with Crippen molar-refractivity contribution in [2.24, 2.45) is 0 Å². The molecule has 0 aliphatic rings. The van der Waals surface area contributed by atoms with E-state index in [9.17, 15) is 0 Å². The van der Waals surface area contributed by atoms with E-state index in [1.54, 1.807) is 6.20 Å². The first-order chi connectivity index (χ1) is 9.69. The third-order valence-corrected chi connectivity index (χ3v) is 3.22. The van der Waals surface area contributed by atoms with Gasteiger partial charge >= 0.3 is 0 Å². The smallest absolute Gasteiger partial charge is 0.123 e. The largest absolute Gasteiger partial charge is 0.384 e. The monoisotopic (exact) mass is 270 g/mol. The van der Waals surface area contributed by atoms with E-state index in [0.29, 0.717) is 5.82 Å². The van der Waals surface area contributed by atoms with E-state index >= 15 is 0 Å². The molecular weight excluding hydrogens is 248 g/mol. The molecule has 0 fully saturated rings. The summed E-state index contributed by atoms with van der Waals surface area (Å²) in [5.41, 5.74) is 9.23. The van der Waals surface area contributed by atoms with Crippen LogP contribution in [0.25, 0.3) is 0 Å². The van der Waals surface area contributed by atoms with Crippen molar-refractivity contribution in [2.75, 3.05) is 12.3 Å². The Morgan fingerprint density at radius 2 is 2.00 bits per heavy atom. The van der Waals surface area contributed by atoms with Gasteiger partial charge in [-0.15, -0.1) is 0 Å². The number of aryl methyl sites for hydroxylation is 1. The molecule has 1 atom stereocenters. The van der Waals surface area contributed by atoms with Gasteiger partial charge < -0.3 is 11.1 Å². The predicted molar refractivity (Wildman–Crippen MR) is 82.4 cm³/mol. The van der Waals surface area contributed by atoms with E-state index in [1.165, 1.54) is 11.1 Å². The molecule has 2 aromatic rings. The predicted octanol–water partition coefficient (Wildman–Crippen LogP) is 2.65. The second-order valence-corrected chi connectivity index (χ2v) is 5.06. The van der Waals surface area contributed by atoms with E-state index in [4.69, 9.17) is 5.73 Å². The topological polar surface area (TPSA) is 63.8 Å². The minimum Gasteiger partial charge on any atom is -0.384 e. The fourth-order valence-corrected chi connectivity index (χ4v) is 2.21. The van der Waals surface area contributed by atoms with Crippen molar-refractivity contribution in [3.8, 4) is 0 Å². The van der Waals surface area contributed by atoms with Gasteiger partial charge in [-0.2, -0.15) is 0 Å². The Balaban J connectivity index is 2.19. The molecule has 2 aromatic heterocycles. The van der Waals surface area contributed by atoms with Crippen LogP contribution in [0.1, 0.15) is 36.2 Å². The maximum Gasteiger partial charge on any atom is 0.123 e. The van der Waals surface area contributed by atoms with Gasteiger partial charge in [0.15, 0.2) is 0 Å². The lowest BCUT2D eigenvalue weighted by molar-refractivity contribution is 0.517. The first-order valence-electron chi connectivity index (χ1n) is 7.05. The Bertz CT molecular complexity index is 554. The zero-order valence-corrected chi connectivity index (χ0v) is 12.1. The van der Waals surface area contributed by atoms with Crippen molar-refractivity contribution >= 4 is 5.82 Å². The van der Waals surface area contributed by atoms with E-state index in [1.807, 2.05) is 24.4 Å². The number of anilines is 1. The van der Waals surface area contributed by atoms with Crippen LogP contribution < -0.4 is 11.1 Å². The molecule has 106 valence electrons. The molecule has 2 rings (SSSR count). The third kappa shape index (κ3) is 4.03. The number of hydrogen-bond acceptors (Lipinski definition) is 4. The highest BCUT2D eigenvalue weighted by Crippen LogP contribution is 2.18. The van der Waals surface area contributed by atoms with Crippen LogP contribution in [0, 0.1) is 6.92 Å². The molecule has 0 radical (unpaired) electrons. The van der Waals surface area contributed by atoms with Crippen LogP contribution in [0.3, 0.4) is 0 Å². The lowest BCUT2D eigenvalue weighted by Crippen LogP contribution is -2.25. The van der Waals surface area contributed by atoms with Crippen molar-refractivity contribution in [2.45, 2.75) is 32.7 Å². The number of nitrogens with two attached hydrogens (primary N) is 1. The van der Waals surface area contributed by atoms with Crippen LogP contribution in [0.5, 0.6) is 0 Å². The fourth-order valence-electron chi connectivity index (χ4n) is 2.21. The first kappa shape index (κ1) is 14.5. The average molecular weight is 270 g/mol. The van der Waals surface area contributed by atoms with Gasteiger partial charge in [0.1, 0.15) is 5.82 Å². The molecule has 0 bridgehead atoms. The molecule has 0 aliphatic carbocycles. The van der Waals surface area contributed by atoms with Crippen molar-refractivity contribution in [3.63, 3.8) is 0 Å². The van der Waals surface area contributed by atoms with Crippen molar-refractivity contribution in [1.82, 2.24) is 15.3 Å².